The number of carbonyl (C=O) groups is 2. The third-order valence-electron chi connectivity index (χ3n) is 2.01. The lowest BCUT2D eigenvalue weighted by Gasteiger charge is -2.25. The molecule has 2 heterocycles. The van der Waals surface area contributed by atoms with Crippen LogP contribution in [0.1, 0.15) is 9.67 Å². The Kier molecular flexibility index (Phi) is 2.88. The number of aromatic nitrogens is 1. The summed E-state index contributed by atoms with van der Waals surface area (Å²) in [6.07, 6.45) is 0.674. The number of amides is 1. The lowest BCUT2D eigenvalue weighted by molar-refractivity contribution is -0.120. The third kappa shape index (κ3) is 2.10. The number of piperazine rings is 1. The average molecular weight is 246 g/mol. The quantitative estimate of drug-likeness (QED) is 0.773. The molecule has 1 fully saturated rings. The normalized spacial score (nSPS) is 16.3. The Morgan fingerprint density at radius 1 is 1.60 bits per heavy atom. The van der Waals surface area contributed by atoms with Gasteiger partial charge in [-0.1, -0.05) is 22.9 Å². The zero-order valence-electron chi connectivity index (χ0n) is 7.70. The molecule has 5 nitrogen and oxygen atoms in total. The minimum absolute atomic E-state index is 0.0415. The Labute approximate surface area is 95.0 Å². The molecule has 0 atom stereocenters. The van der Waals surface area contributed by atoms with Crippen LogP contribution < -0.4 is 10.2 Å². The smallest absolute Gasteiger partial charge is 0.239 e. The number of hydrogen-bond acceptors (Lipinski definition) is 5. The second kappa shape index (κ2) is 4.16. The fraction of sp³-hybridized carbons (Fsp3) is 0.375. The maximum absolute atomic E-state index is 11.1. The summed E-state index contributed by atoms with van der Waals surface area (Å²) in [7, 11) is 0. The molecule has 0 aromatic carbocycles. The van der Waals surface area contributed by atoms with E-state index in [2.05, 4.69) is 10.3 Å². The molecule has 0 spiro atoms. The second-order valence-electron chi connectivity index (χ2n) is 3.04. The lowest BCUT2D eigenvalue weighted by Crippen LogP contribution is -2.47. The van der Waals surface area contributed by atoms with E-state index in [1.165, 1.54) is 11.3 Å². The number of nitrogens with one attached hydrogen (secondary N) is 1. The summed E-state index contributed by atoms with van der Waals surface area (Å²) >= 11 is 6.94. The summed E-state index contributed by atoms with van der Waals surface area (Å²) in [5, 5.41) is 3.54. The number of aldehydes is 1. The standard InChI is InChI=1S/C8H8ClN3O2S/c9-7-5(4-13)15-8(11-7)12-2-1-10-6(14)3-12/h4H,1-3H2,(H,10,14). The minimum Gasteiger partial charge on any atom is -0.353 e. The van der Waals surface area contributed by atoms with Crippen LogP contribution in [0.2, 0.25) is 5.15 Å². The van der Waals surface area contributed by atoms with Gasteiger partial charge in [-0.25, -0.2) is 4.98 Å². The topological polar surface area (TPSA) is 62.3 Å². The molecule has 0 radical (unpaired) electrons. The maximum Gasteiger partial charge on any atom is 0.239 e. The van der Waals surface area contributed by atoms with E-state index in [1.807, 2.05) is 4.90 Å². The first-order valence-corrected chi connectivity index (χ1v) is 5.53. The van der Waals surface area contributed by atoms with Crippen molar-refractivity contribution >= 4 is 40.3 Å². The largest absolute Gasteiger partial charge is 0.353 e. The van der Waals surface area contributed by atoms with Crippen molar-refractivity contribution in [3.63, 3.8) is 0 Å². The molecule has 0 unspecified atom stereocenters. The highest BCUT2D eigenvalue weighted by Gasteiger charge is 2.20. The number of carbonyl (C=O) groups excluding carboxylic acids is 2. The van der Waals surface area contributed by atoms with Crippen LogP contribution in [-0.4, -0.2) is 36.8 Å². The highest BCUT2D eigenvalue weighted by atomic mass is 35.5. The number of thiazole rings is 1. The summed E-state index contributed by atoms with van der Waals surface area (Å²) in [5.41, 5.74) is 0. The first-order chi connectivity index (χ1) is 7.20. The van der Waals surface area contributed by atoms with Gasteiger partial charge in [0.05, 0.1) is 6.54 Å². The number of rotatable bonds is 2. The van der Waals surface area contributed by atoms with Crippen LogP contribution in [-0.2, 0) is 4.79 Å². The summed E-state index contributed by atoms with van der Waals surface area (Å²) in [5.74, 6) is -0.0415. The lowest BCUT2D eigenvalue weighted by atomic mass is 10.4. The van der Waals surface area contributed by atoms with Crippen molar-refractivity contribution < 1.29 is 9.59 Å². The Bertz CT molecular complexity index is 407. The van der Waals surface area contributed by atoms with Crippen LogP contribution in [0.25, 0.3) is 0 Å². The Hall–Kier alpha value is -1.14. The molecule has 1 aromatic rings. The van der Waals surface area contributed by atoms with Gasteiger partial charge in [0.15, 0.2) is 16.6 Å². The van der Waals surface area contributed by atoms with Crippen LogP contribution in [0.15, 0.2) is 0 Å². The van der Waals surface area contributed by atoms with Crippen molar-refractivity contribution in [3.8, 4) is 0 Å². The van der Waals surface area contributed by atoms with Gasteiger partial charge in [-0.2, -0.15) is 0 Å². The number of halogens is 1. The van der Waals surface area contributed by atoms with Crippen LogP contribution in [0, 0.1) is 0 Å². The van der Waals surface area contributed by atoms with Crippen molar-refractivity contribution in [1.82, 2.24) is 10.3 Å². The molecule has 2 rings (SSSR count). The minimum atomic E-state index is -0.0415. The van der Waals surface area contributed by atoms with E-state index in [0.717, 1.165) is 0 Å². The molecule has 80 valence electrons. The third-order valence-corrected chi connectivity index (χ3v) is 3.46. The predicted octanol–water partition coefficient (Wildman–Crippen LogP) is 0.545. The van der Waals surface area contributed by atoms with Crippen LogP contribution in [0.5, 0.6) is 0 Å². The molecule has 1 amide bonds. The van der Waals surface area contributed by atoms with Crippen molar-refractivity contribution in [1.29, 1.82) is 0 Å². The van der Waals surface area contributed by atoms with Crippen molar-refractivity contribution in [3.05, 3.63) is 10.0 Å². The van der Waals surface area contributed by atoms with Gasteiger partial charge >= 0.3 is 0 Å². The Balaban J connectivity index is 2.21. The molecule has 1 saturated heterocycles. The van der Waals surface area contributed by atoms with E-state index in [1.54, 1.807) is 0 Å². The summed E-state index contributed by atoms with van der Waals surface area (Å²) < 4.78 is 0. The van der Waals surface area contributed by atoms with Gasteiger partial charge in [-0.3, -0.25) is 9.59 Å². The SMILES string of the molecule is O=Cc1sc(N2CCNC(=O)C2)nc1Cl. The van der Waals surface area contributed by atoms with Crippen molar-refractivity contribution in [2.75, 3.05) is 24.5 Å². The highest BCUT2D eigenvalue weighted by molar-refractivity contribution is 7.17. The van der Waals surface area contributed by atoms with Crippen LogP contribution in [0.4, 0.5) is 5.13 Å². The van der Waals surface area contributed by atoms with Crippen molar-refractivity contribution in [2.45, 2.75) is 0 Å². The molecule has 1 aliphatic rings. The Morgan fingerprint density at radius 2 is 2.40 bits per heavy atom. The molecule has 15 heavy (non-hydrogen) atoms. The molecular formula is C8H8ClN3O2S. The Morgan fingerprint density at radius 3 is 3.00 bits per heavy atom. The molecule has 1 aliphatic heterocycles. The summed E-state index contributed by atoms with van der Waals surface area (Å²) in [6.45, 7) is 1.54. The molecule has 1 N–H and O–H groups in total. The van der Waals surface area contributed by atoms with Gasteiger partial charge in [0, 0.05) is 13.1 Å². The van der Waals surface area contributed by atoms with Gasteiger partial charge in [0.1, 0.15) is 4.88 Å². The van der Waals surface area contributed by atoms with E-state index >= 15 is 0 Å². The molecule has 0 bridgehead atoms. The van der Waals surface area contributed by atoms with Gasteiger partial charge in [-0.15, -0.1) is 0 Å². The first-order valence-electron chi connectivity index (χ1n) is 4.34. The predicted molar refractivity (Wildman–Crippen MR) is 57.7 cm³/mol. The zero-order chi connectivity index (χ0) is 10.8. The van der Waals surface area contributed by atoms with Gasteiger partial charge in [0.25, 0.3) is 0 Å². The molecule has 0 saturated carbocycles. The van der Waals surface area contributed by atoms with Gasteiger partial charge in [0.2, 0.25) is 5.91 Å². The number of anilines is 1. The fourth-order valence-electron chi connectivity index (χ4n) is 1.31. The van der Waals surface area contributed by atoms with E-state index in [-0.39, 0.29) is 17.6 Å². The number of hydrogen-bond donors (Lipinski definition) is 1. The van der Waals surface area contributed by atoms with E-state index in [4.69, 9.17) is 11.6 Å². The van der Waals surface area contributed by atoms with E-state index in [0.29, 0.717) is 29.4 Å². The van der Waals surface area contributed by atoms with Gasteiger partial charge in [-0.05, 0) is 0 Å². The first kappa shape index (κ1) is 10.4. The molecule has 0 aliphatic carbocycles. The molecular weight excluding hydrogens is 238 g/mol. The van der Waals surface area contributed by atoms with Crippen LogP contribution >= 0.6 is 22.9 Å². The summed E-state index contributed by atoms with van der Waals surface area (Å²) in [4.78, 5) is 28.0. The average Bonchev–Trinajstić information content (AvgIpc) is 2.60. The van der Waals surface area contributed by atoms with Crippen molar-refractivity contribution in [2.24, 2.45) is 0 Å². The van der Waals surface area contributed by atoms with Crippen LogP contribution in [0.3, 0.4) is 0 Å². The monoisotopic (exact) mass is 245 g/mol. The maximum atomic E-state index is 11.1. The highest BCUT2D eigenvalue weighted by Crippen LogP contribution is 2.28. The molecule has 7 heteroatoms. The van der Waals surface area contributed by atoms with E-state index < -0.39 is 0 Å². The zero-order valence-corrected chi connectivity index (χ0v) is 9.27. The fourth-order valence-corrected chi connectivity index (χ4v) is 2.40. The molecule has 1 aromatic heterocycles. The van der Waals surface area contributed by atoms with Gasteiger partial charge < -0.3 is 10.2 Å². The van der Waals surface area contributed by atoms with E-state index in [9.17, 15) is 9.59 Å². The number of nitrogens with zero attached hydrogens (tertiary/aromatic N) is 2. The summed E-state index contributed by atoms with van der Waals surface area (Å²) in [6, 6.07) is 0. The second-order valence-corrected chi connectivity index (χ2v) is 4.41.